The molecule has 0 fully saturated rings. The van der Waals surface area contributed by atoms with Crippen LogP contribution in [-0.2, 0) is 28.6 Å². The van der Waals surface area contributed by atoms with Gasteiger partial charge in [0, 0.05) is 19.3 Å². The first-order valence-corrected chi connectivity index (χ1v) is 27.0. The quantitative estimate of drug-likeness (QED) is 0.0213. The third kappa shape index (κ3) is 44.7. The van der Waals surface area contributed by atoms with Crippen LogP contribution < -0.4 is 0 Å². The van der Waals surface area contributed by atoms with Gasteiger partial charge in [0.25, 0.3) is 0 Å². The highest BCUT2D eigenvalue weighted by Crippen LogP contribution is 2.16. The van der Waals surface area contributed by atoms with Gasteiger partial charge in [-0.3, -0.25) is 9.59 Å². The second kappa shape index (κ2) is 47.1. The molecule has 0 spiro atoms. The highest BCUT2D eigenvalue weighted by Gasteiger charge is 2.31. The zero-order valence-corrected chi connectivity index (χ0v) is 42.7. The summed E-state index contributed by atoms with van der Waals surface area (Å²) in [6, 6.07) is -0.616. The summed E-state index contributed by atoms with van der Waals surface area (Å²) in [5.74, 6) is -1.46. The summed E-state index contributed by atoms with van der Waals surface area (Å²) in [7, 11) is 5.54. The molecular formula is C56H104NO7+. The summed E-state index contributed by atoms with van der Waals surface area (Å²) in [6.45, 7) is 4.75. The van der Waals surface area contributed by atoms with E-state index in [1.807, 2.05) is 21.1 Å². The largest absolute Gasteiger partial charge is 0.477 e. The Morgan fingerprint density at radius 1 is 0.469 bits per heavy atom. The van der Waals surface area contributed by atoms with Crippen molar-refractivity contribution in [2.24, 2.45) is 0 Å². The van der Waals surface area contributed by atoms with E-state index in [4.69, 9.17) is 14.2 Å². The monoisotopic (exact) mass is 903 g/mol. The van der Waals surface area contributed by atoms with Crippen LogP contribution in [-0.4, -0.2) is 80.6 Å². The van der Waals surface area contributed by atoms with E-state index in [0.717, 1.165) is 38.5 Å². The third-order valence-electron chi connectivity index (χ3n) is 12.3. The van der Waals surface area contributed by atoms with Gasteiger partial charge in [0.15, 0.2) is 12.1 Å². The number of likely N-dealkylation sites (N-methyl/N-ethyl adjacent to an activating group) is 1. The van der Waals surface area contributed by atoms with E-state index in [2.05, 4.69) is 50.3 Å². The smallest absolute Gasteiger partial charge is 0.362 e. The van der Waals surface area contributed by atoms with E-state index in [0.29, 0.717) is 19.3 Å². The van der Waals surface area contributed by atoms with Gasteiger partial charge < -0.3 is 23.8 Å². The highest BCUT2D eigenvalue weighted by atomic mass is 16.6. The molecule has 0 aromatic heterocycles. The van der Waals surface area contributed by atoms with E-state index in [1.54, 1.807) is 0 Å². The maximum atomic E-state index is 12.8. The second-order valence-corrected chi connectivity index (χ2v) is 19.5. The number of aliphatic carboxylic acids is 1. The molecule has 374 valence electrons. The summed E-state index contributed by atoms with van der Waals surface area (Å²) in [5.41, 5.74) is 0. The number of esters is 2. The fourth-order valence-electron chi connectivity index (χ4n) is 8.08. The molecule has 8 nitrogen and oxygen atoms in total. The van der Waals surface area contributed by atoms with E-state index in [9.17, 15) is 19.5 Å². The first-order chi connectivity index (χ1) is 31.1. The molecule has 8 heteroatoms. The lowest BCUT2D eigenvalue weighted by Gasteiger charge is -2.31. The minimum absolute atomic E-state index is 0.0524. The Labute approximate surface area is 395 Å². The fourth-order valence-corrected chi connectivity index (χ4v) is 8.08. The van der Waals surface area contributed by atoms with Crippen molar-refractivity contribution < 1.29 is 38.2 Å². The summed E-state index contributed by atoms with van der Waals surface area (Å²) < 4.78 is 17.4. The van der Waals surface area contributed by atoms with E-state index in [1.165, 1.54) is 180 Å². The van der Waals surface area contributed by atoms with Crippen LogP contribution in [0.4, 0.5) is 0 Å². The van der Waals surface area contributed by atoms with Crippen LogP contribution in [0, 0.1) is 0 Å². The Morgan fingerprint density at radius 2 is 0.828 bits per heavy atom. The second-order valence-electron chi connectivity index (χ2n) is 19.5. The van der Waals surface area contributed by atoms with Gasteiger partial charge in [-0.1, -0.05) is 204 Å². The molecule has 0 aliphatic rings. The van der Waals surface area contributed by atoms with E-state index >= 15 is 0 Å². The minimum atomic E-state index is -0.874. The molecule has 64 heavy (non-hydrogen) atoms. The number of carboxylic acid groups (broad SMARTS) is 1. The lowest BCUT2D eigenvalue weighted by Crippen LogP contribution is -2.50. The molecule has 2 unspecified atom stereocenters. The number of hydrogen-bond donors (Lipinski definition) is 1. The van der Waals surface area contributed by atoms with Gasteiger partial charge in [-0.25, -0.2) is 4.79 Å². The van der Waals surface area contributed by atoms with Crippen LogP contribution in [0.3, 0.4) is 0 Å². The average molecular weight is 903 g/mol. The van der Waals surface area contributed by atoms with Gasteiger partial charge in [-0.15, -0.1) is 0 Å². The Hall–Kier alpha value is -2.45. The predicted molar refractivity (Wildman–Crippen MR) is 271 cm³/mol. The summed E-state index contributed by atoms with van der Waals surface area (Å²) >= 11 is 0. The number of allylic oxidation sites excluding steroid dienone is 6. The Bertz CT molecular complexity index is 1140. The topological polar surface area (TPSA) is 99.1 Å². The van der Waals surface area contributed by atoms with Gasteiger partial charge in [-0.2, -0.15) is 0 Å². The van der Waals surface area contributed by atoms with Crippen LogP contribution in [0.25, 0.3) is 0 Å². The molecule has 0 aliphatic carbocycles. The first-order valence-electron chi connectivity index (χ1n) is 27.0. The lowest BCUT2D eigenvalue weighted by molar-refractivity contribution is -0.887. The predicted octanol–water partition coefficient (Wildman–Crippen LogP) is 15.8. The van der Waals surface area contributed by atoms with Gasteiger partial charge >= 0.3 is 17.9 Å². The number of hydrogen-bond acceptors (Lipinski definition) is 6. The summed E-state index contributed by atoms with van der Waals surface area (Å²) in [6.07, 6.45) is 56.2. The Morgan fingerprint density at radius 3 is 1.23 bits per heavy atom. The molecule has 1 N–H and O–H groups in total. The Balaban J connectivity index is 4.21. The van der Waals surface area contributed by atoms with E-state index < -0.39 is 18.1 Å². The molecule has 0 aliphatic heterocycles. The van der Waals surface area contributed by atoms with Crippen LogP contribution in [0.5, 0.6) is 0 Å². The molecular weight excluding hydrogens is 799 g/mol. The minimum Gasteiger partial charge on any atom is -0.477 e. The lowest BCUT2D eigenvalue weighted by atomic mass is 10.1. The number of carbonyl (C=O) groups excluding carboxylic acids is 2. The van der Waals surface area contributed by atoms with Gasteiger partial charge in [0.1, 0.15) is 6.61 Å². The zero-order chi connectivity index (χ0) is 47.0. The number of carbonyl (C=O) groups is 3. The van der Waals surface area contributed by atoms with Gasteiger partial charge in [-0.05, 0) is 64.2 Å². The Kier molecular flexibility index (Phi) is 45.3. The SMILES string of the molecule is CCCCCC/C=C/C=C/CCCCCCCCCCCCC(=O)OC(COCCC(C(=O)O)[N+](C)(C)C)COC(=O)CCCCCCCCC/C=C/CCCCCCCCCCC. The number of quaternary nitrogens is 1. The molecule has 0 radical (unpaired) electrons. The fraction of sp³-hybridized carbons (Fsp3) is 0.839. The van der Waals surface area contributed by atoms with Gasteiger partial charge in [0.2, 0.25) is 0 Å². The van der Waals surface area contributed by atoms with E-state index in [-0.39, 0.29) is 36.2 Å². The molecule has 0 saturated heterocycles. The van der Waals surface area contributed by atoms with Crippen molar-refractivity contribution in [3.8, 4) is 0 Å². The van der Waals surface area contributed by atoms with Crippen molar-refractivity contribution in [2.75, 3.05) is 41.0 Å². The van der Waals surface area contributed by atoms with Crippen molar-refractivity contribution in [1.29, 1.82) is 0 Å². The molecule has 0 aromatic rings. The summed E-state index contributed by atoms with van der Waals surface area (Å²) in [4.78, 5) is 37.2. The molecule has 0 saturated carbocycles. The average Bonchev–Trinajstić information content (AvgIpc) is 3.26. The zero-order valence-electron chi connectivity index (χ0n) is 42.7. The summed E-state index contributed by atoms with van der Waals surface area (Å²) in [5, 5.41) is 9.66. The van der Waals surface area contributed by atoms with Crippen LogP contribution in [0.15, 0.2) is 36.5 Å². The first kappa shape index (κ1) is 61.5. The van der Waals surface area contributed by atoms with Crippen molar-refractivity contribution in [3.05, 3.63) is 36.5 Å². The normalized spacial score (nSPS) is 13.1. The van der Waals surface area contributed by atoms with Crippen molar-refractivity contribution >= 4 is 17.9 Å². The highest BCUT2D eigenvalue weighted by molar-refractivity contribution is 5.72. The standard InChI is InChI=1S/C56H103NO7/c1-6-8-10-12-14-16-18-20-22-24-26-28-30-32-34-36-38-40-42-44-46-54(58)63-51-52(50-62-49-48-53(56(60)61)57(3,4)5)64-55(59)47-45-43-41-39-37-35-33-31-29-27-25-23-21-19-17-15-13-11-9-7-2/h17,19,21,23,26,28,52-53H,6-16,18,20,22,24-25,27,29-51H2,1-5H3/p+1/b19-17+,23-21+,28-26+. The van der Waals surface area contributed by atoms with Gasteiger partial charge in [0.05, 0.1) is 34.4 Å². The number of nitrogens with zero attached hydrogens (tertiary/aromatic N) is 1. The van der Waals surface area contributed by atoms with Crippen molar-refractivity contribution in [3.63, 3.8) is 0 Å². The van der Waals surface area contributed by atoms with Crippen molar-refractivity contribution in [2.45, 2.75) is 264 Å². The number of carboxylic acids is 1. The maximum absolute atomic E-state index is 12.8. The number of unbranched alkanes of at least 4 members (excludes halogenated alkanes) is 30. The third-order valence-corrected chi connectivity index (χ3v) is 12.3. The van der Waals surface area contributed by atoms with Crippen LogP contribution in [0.2, 0.25) is 0 Å². The maximum Gasteiger partial charge on any atom is 0.362 e. The molecule has 0 heterocycles. The molecule has 2 atom stereocenters. The van der Waals surface area contributed by atoms with Crippen LogP contribution >= 0.6 is 0 Å². The molecule has 0 aromatic carbocycles. The van der Waals surface area contributed by atoms with Crippen molar-refractivity contribution in [1.82, 2.24) is 0 Å². The molecule has 0 amide bonds. The molecule has 0 rings (SSSR count). The molecule has 0 bridgehead atoms. The number of rotatable bonds is 49. The number of ether oxygens (including phenoxy) is 3. The van der Waals surface area contributed by atoms with Crippen LogP contribution in [0.1, 0.15) is 251 Å².